The van der Waals surface area contributed by atoms with Crippen molar-refractivity contribution in [3.8, 4) is 0 Å². The van der Waals surface area contributed by atoms with Crippen LogP contribution in [0, 0.1) is 16.0 Å². The minimum atomic E-state index is -0.868. The van der Waals surface area contributed by atoms with Gasteiger partial charge in [-0.25, -0.2) is 4.79 Å². The van der Waals surface area contributed by atoms with Crippen molar-refractivity contribution in [2.24, 2.45) is 5.92 Å². The molecule has 0 aliphatic rings. The number of esters is 1. The van der Waals surface area contributed by atoms with E-state index in [9.17, 15) is 14.9 Å². The molecule has 0 saturated heterocycles. The quantitative estimate of drug-likeness (QED) is 0.429. The number of hydrogen-bond donors (Lipinski definition) is 0. The highest BCUT2D eigenvalue weighted by Gasteiger charge is 2.27. The fraction of sp³-hybridized carbons (Fsp3) is 0.600. The molecule has 0 amide bonds. The van der Waals surface area contributed by atoms with E-state index in [4.69, 9.17) is 4.84 Å². The van der Waals surface area contributed by atoms with Crippen LogP contribution in [0.25, 0.3) is 0 Å². The number of nitrogens with zero attached hydrogens (tertiary/aromatic N) is 3. The molecule has 1 heterocycles. The number of aromatic nitrogens is 2. The van der Waals surface area contributed by atoms with Gasteiger partial charge >= 0.3 is 11.7 Å². The average molecular weight is 257 g/mol. The fourth-order valence-corrected chi connectivity index (χ4v) is 1.11. The van der Waals surface area contributed by atoms with E-state index in [1.807, 2.05) is 13.8 Å². The predicted octanol–water partition coefficient (Wildman–Crippen LogP) is 1.05. The van der Waals surface area contributed by atoms with Gasteiger partial charge in [-0.2, -0.15) is 0 Å². The molecular weight excluding hydrogens is 242 g/mol. The summed E-state index contributed by atoms with van der Waals surface area (Å²) < 4.78 is 4.41. The van der Waals surface area contributed by atoms with Gasteiger partial charge in [0.05, 0.1) is 12.0 Å². The first kappa shape index (κ1) is 13.9. The van der Waals surface area contributed by atoms with E-state index in [1.165, 1.54) is 0 Å². The Balaban J connectivity index is 2.89. The van der Waals surface area contributed by atoms with Crippen LogP contribution in [0.1, 0.15) is 30.8 Å². The molecule has 1 atom stereocenters. The van der Waals surface area contributed by atoms with Gasteiger partial charge in [0.1, 0.15) is 12.8 Å². The number of carbonyl (C=O) groups excluding carboxylic acids is 1. The van der Waals surface area contributed by atoms with Crippen molar-refractivity contribution in [3.63, 3.8) is 0 Å². The van der Waals surface area contributed by atoms with E-state index in [1.54, 1.807) is 0 Å². The van der Waals surface area contributed by atoms with E-state index in [2.05, 4.69) is 9.84 Å². The second-order valence-electron chi connectivity index (χ2n) is 3.82. The molecule has 1 aromatic heterocycles. The van der Waals surface area contributed by atoms with Gasteiger partial charge in [0.25, 0.3) is 5.69 Å². The third kappa shape index (κ3) is 3.19. The standard InChI is InChI=1S/C10H15N3O5/c1-4-7(2)6-18-12-5-8(13(15)16)9(11-12)10(14)17-3/h5,7H,4,6H2,1-3H3. The Labute approximate surface area is 104 Å². The van der Waals surface area contributed by atoms with Crippen LogP contribution in [0.15, 0.2) is 6.20 Å². The number of methoxy groups -OCH3 is 1. The molecule has 0 spiro atoms. The maximum atomic E-state index is 11.3. The van der Waals surface area contributed by atoms with E-state index in [-0.39, 0.29) is 11.6 Å². The summed E-state index contributed by atoms with van der Waals surface area (Å²) in [6, 6.07) is 0. The van der Waals surface area contributed by atoms with Gasteiger partial charge in [0.2, 0.25) is 0 Å². The highest BCUT2D eigenvalue weighted by molar-refractivity contribution is 5.91. The highest BCUT2D eigenvalue weighted by atomic mass is 16.7. The Bertz CT molecular complexity index is 443. The Morgan fingerprint density at radius 1 is 1.67 bits per heavy atom. The zero-order valence-corrected chi connectivity index (χ0v) is 10.5. The number of carbonyl (C=O) groups is 1. The Kier molecular flexibility index (Phi) is 4.64. The monoisotopic (exact) mass is 257 g/mol. The summed E-state index contributed by atoms with van der Waals surface area (Å²) in [5.41, 5.74) is -0.808. The van der Waals surface area contributed by atoms with Crippen molar-refractivity contribution in [2.45, 2.75) is 20.3 Å². The first-order chi connectivity index (χ1) is 8.49. The topological polar surface area (TPSA) is 96.5 Å². The predicted molar refractivity (Wildman–Crippen MR) is 61.1 cm³/mol. The van der Waals surface area contributed by atoms with Crippen LogP contribution < -0.4 is 4.84 Å². The smallest absolute Gasteiger partial charge is 0.365 e. The number of nitro groups is 1. The van der Waals surface area contributed by atoms with Gasteiger partial charge in [0, 0.05) is 0 Å². The Hall–Kier alpha value is -2.12. The lowest BCUT2D eigenvalue weighted by Crippen LogP contribution is -2.19. The summed E-state index contributed by atoms with van der Waals surface area (Å²) in [4.78, 5) is 27.5. The SMILES string of the molecule is CCC(C)COn1cc([N+](=O)[O-])c(C(=O)OC)n1. The van der Waals surface area contributed by atoms with Crippen LogP contribution in [0.5, 0.6) is 0 Å². The Morgan fingerprint density at radius 3 is 2.83 bits per heavy atom. The molecule has 8 heteroatoms. The van der Waals surface area contributed by atoms with Crippen molar-refractivity contribution < 1.29 is 19.3 Å². The largest absolute Gasteiger partial charge is 0.464 e. The van der Waals surface area contributed by atoms with Gasteiger partial charge in [-0.1, -0.05) is 25.1 Å². The fourth-order valence-electron chi connectivity index (χ4n) is 1.11. The lowest BCUT2D eigenvalue weighted by atomic mass is 10.1. The molecule has 1 rings (SSSR count). The molecule has 0 bridgehead atoms. The van der Waals surface area contributed by atoms with Crippen LogP contribution >= 0.6 is 0 Å². The summed E-state index contributed by atoms with van der Waals surface area (Å²) in [6.45, 7) is 4.33. The summed E-state index contributed by atoms with van der Waals surface area (Å²) in [6.07, 6.45) is 1.96. The zero-order chi connectivity index (χ0) is 13.7. The number of hydrogen-bond acceptors (Lipinski definition) is 6. The molecule has 18 heavy (non-hydrogen) atoms. The van der Waals surface area contributed by atoms with Gasteiger partial charge < -0.3 is 9.57 Å². The van der Waals surface area contributed by atoms with Crippen molar-refractivity contribution in [1.82, 2.24) is 9.94 Å². The minimum absolute atomic E-state index is 0.287. The van der Waals surface area contributed by atoms with E-state index in [0.29, 0.717) is 6.61 Å². The lowest BCUT2D eigenvalue weighted by molar-refractivity contribution is -0.385. The maximum Gasteiger partial charge on any atom is 0.365 e. The first-order valence-electron chi connectivity index (χ1n) is 5.45. The normalized spacial score (nSPS) is 11.9. The Morgan fingerprint density at radius 2 is 2.33 bits per heavy atom. The van der Waals surface area contributed by atoms with Crippen LogP contribution in [-0.4, -0.2) is 34.6 Å². The van der Waals surface area contributed by atoms with Crippen LogP contribution in [0.2, 0.25) is 0 Å². The molecule has 0 aromatic carbocycles. The molecule has 0 N–H and O–H groups in total. The van der Waals surface area contributed by atoms with E-state index in [0.717, 1.165) is 24.6 Å². The van der Waals surface area contributed by atoms with Gasteiger partial charge in [0.15, 0.2) is 0 Å². The van der Waals surface area contributed by atoms with Crippen molar-refractivity contribution in [2.75, 3.05) is 13.7 Å². The number of ether oxygens (including phenoxy) is 1. The van der Waals surface area contributed by atoms with Crippen LogP contribution in [0.3, 0.4) is 0 Å². The van der Waals surface area contributed by atoms with Crippen molar-refractivity contribution >= 4 is 11.7 Å². The number of rotatable bonds is 6. The van der Waals surface area contributed by atoms with E-state index < -0.39 is 16.6 Å². The van der Waals surface area contributed by atoms with Crippen molar-refractivity contribution in [3.05, 3.63) is 22.0 Å². The van der Waals surface area contributed by atoms with Crippen molar-refractivity contribution in [1.29, 1.82) is 0 Å². The molecule has 0 aliphatic carbocycles. The summed E-state index contributed by atoms with van der Waals surface area (Å²) in [5.74, 6) is -0.581. The third-order valence-corrected chi connectivity index (χ3v) is 2.44. The minimum Gasteiger partial charge on any atom is -0.464 e. The zero-order valence-electron chi connectivity index (χ0n) is 10.5. The molecule has 1 aromatic rings. The summed E-state index contributed by atoms with van der Waals surface area (Å²) in [7, 11) is 1.13. The first-order valence-corrected chi connectivity index (χ1v) is 5.45. The van der Waals surface area contributed by atoms with Gasteiger partial charge in [-0.15, -0.1) is 5.10 Å². The molecule has 100 valence electrons. The second kappa shape index (κ2) is 5.99. The molecular formula is C10H15N3O5. The lowest BCUT2D eigenvalue weighted by Gasteiger charge is -2.08. The summed E-state index contributed by atoms with van der Waals surface area (Å²) in [5, 5.41) is 14.4. The summed E-state index contributed by atoms with van der Waals surface area (Å²) >= 11 is 0. The maximum absolute atomic E-state index is 11.3. The molecule has 0 fully saturated rings. The van der Waals surface area contributed by atoms with Crippen LogP contribution in [0.4, 0.5) is 5.69 Å². The van der Waals surface area contributed by atoms with E-state index >= 15 is 0 Å². The molecule has 0 radical (unpaired) electrons. The average Bonchev–Trinajstić information content (AvgIpc) is 2.79. The van der Waals surface area contributed by atoms with Crippen LogP contribution in [-0.2, 0) is 4.74 Å². The highest BCUT2D eigenvalue weighted by Crippen LogP contribution is 2.16. The molecule has 1 unspecified atom stereocenters. The third-order valence-electron chi connectivity index (χ3n) is 2.44. The van der Waals surface area contributed by atoms with Gasteiger partial charge in [-0.3, -0.25) is 10.1 Å². The molecule has 0 saturated carbocycles. The second-order valence-corrected chi connectivity index (χ2v) is 3.82. The molecule has 0 aliphatic heterocycles. The molecule has 8 nitrogen and oxygen atoms in total. The van der Waals surface area contributed by atoms with Gasteiger partial charge in [-0.05, 0) is 5.92 Å².